The van der Waals surface area contributed by atoms with Gasteiger partial charge in [0.25, 0.3) is 5.91 Å². The molecule has 0 aliphatic heterocycles. The van der Waals surface area contributed by atoms with Gasteiger partial charge < -0.3 is 21.9 Å². The summed E-state index contributed by atoms with van der Waals surface area (Å²) in [7, 11) is 0. The SMILES string of the molecule is CCc1cncc(-c2nc(NC(C)(C)CO)nc3sc(C(N)=O)c(N)c23)c1. The van der Waals surface area contributed by atoms with Crippen LogP contribution >= 0.6 is 11.3 Å². The van der Waals surface area contributed by atoms with E-state index in [0.717, 1.165) is 28.9 Å². The molecule has 3 aromatic rings. The number of nitrogen functional groups attached to an aromatic ring is 1. The fraction of sp³-hybridized carbons (Fsp3) is 0.333. The number of aromatic nitrogens is 3. The lowest BCUT2D eigenvalue weighted by molar-refractivity contribution is 0.100. The first kappa shape index (κ1) is 19.0. The van der Waals surface area contributed by atoms with E-state index in [1.54, 1.807) is 12.4 Å². The molecular formula is C18H22N6O2S. The predicted octanol–water partition coefficient (Wildman–Crippen LogP) is 2.18. The van der Waals surface area contributed by atoms with Crippen LogP contribution in [-0.2, 0) is 6.42 Å². The average molecular weight is 386 g/mol. The second kappa shape index (κ2) is 7.09. The predicted molar refractivity (Wildman–Crippen MR) is 108 cm³/mol. The molecule has 0 aromatic carbocycles. The van der Waals surface area contributed by atoms with Crippen molar-refractivity contribution < 1.29 is 9.90 Å². The molecule has 0 radical (unpaired) electrons. The summed E-state index contributed by atoms with van der Waals surface area (Å²) >= 11 is 1.12. The number of fused-ring (bicyclic) bond motifs is 1. The first-order valence-corrected chi connectivity index (χ1v) is 9.30. The van der Waals surface area contributed by atoms with E-state index in [9.17, 15) is 9.90 Å². The molecule has 0 unspecified atom stereocenters. The van der Waals surface area contributed by atoms with E-state index in [0.29, 0.717) is 21.9 Å². The van der Waals surface area contributed by atoms with Crippen molar-refractivity contribution in [2.75, 3.05) is 17.7 Å². The quantitative estimate of drug-likeness (QED) is 0.509. The van der Waals surface area contributed by atoms with Gasteiger partial charge in [-0.1, -0.05) is 6.92 Å². The number of aryl methyl sites for hydroxylation is 1. The van der Waals surface area contributed by atoms with E-state index in [-0.39, 0.29) is 17.2 Å². The molecule has 8 nitrogen and oxygen atoms in total. The summed E-state index contributed by atoms with van der Waals surface area (Å²) in [5, 5.41) is 13.2. The van der Waals surface area contributed by atoms with Crippen molar-refractivity contribution in [1.82, 2.24) is 15.0 Å². The Balaban J connectivity index is 2.28. The number of anilines is 2. The lowest BCUT2D eigenvalue weighted by Crippen LogP contribution is -2.35. The van der Waals surface area contributed by atoms with E-state index in [2.05, 4.69) is 20.3 Å². The standard InChI is InChI=1S/C18H22N6O2S/c1-4-9-5-10(7-21-6-9)13-11-12(19)14(15(20)26)27-16(11)23-17(22-13)24-18(2,3)8-25/h5-7,25H,4,8,19H2,1-3H3,(H2,20,26)(H,22,23,24). The van der Waals surface area contributed by atoms with Gasteiger partial charge in [-0.05, 0) is 31.9 Å². The fourth-order valence-electron chi connectivity index (χ4n) is 2.62. The molecule has 142 valence electrons. The smallest absolute Gasteiger partial charge is 0.260 e. The summed E-state index contributed by atoms with van der Waals surface area (Å²) in [6.45, 7) is 5.60. The molecule has 0 bridgehead atoms. The van der Waals surface area contributed by atoms with Crippen LogP contribution < -0.4 is 16.8 Å². The summed E-state index contributed by atoms with van der Waals surface area (Å²) in [6, 6.07) is 1.98. The van der Waals surface area contributed by atoms with Crippen LogP contribution in [-0.4, -0.2) is 38.1 Å². The van der Waals surface area contributed by atoms with Gasteiger partial charge in [-0.15, -0.1) is 11.3 Å². The first-order chi connectivity index (χ1) is 12.8. The van der Waals surface area contributed by atoms with Gasteiger partial charge in [0.1, 0.15) is 9.71 Å². The van der Waals surface area contributed by atoms with Gasteiger partial charge in [0.2, 0.25) is 5.95 Å². The summed E-state index contributed by atoms with van der Waals surface area (Å²) in [6.07, 6.45) is 4.31. The monoisotopic (exact) mass is 386 g/mol. The molecule has 27 heavy (non-hydrogen) atoms. The number of thiophene rings is 1. The molecule has 0 saturated carbocycles. The third-order valence-corrected chi connectivity index (χ3v) is 5.25. The summed E-state index contributed by atoms with van der Waals surface area (Å²) in [5.74, 6) is -0.275. The molecule has 0 saturated heterocycles. The fourth-order valence-corrected chi connectivity index (χ4v) is 3.57. The normalized spacial score (nSPS) is 11.7. The number of carbonyl (C=O) groups excluding carboxylic acids is 1. The highest BCUT2D eigenvalue weighted by molar-refractivity contribution is 7.21. The van der Waals surface area contributed by atoms with Gasteiger partial charge in [-0.3, -0.25) is 9.78 Å². The van der Waals surface area contributed by atoms with Crippen molar-refractivity contribution in [3.8, 4) is 11.3 Å². The number of nitrogens with one attached hydrogen (secondary N) is 1. The molecule has 0 spiro atoms. The number of aliphatic hydroxyl groups is 1. The molecule has 0 aliphatic carbocycles. The third kappa shape index (κ3) is 3.69. The highest BCUT2D eigenvalue weighted by Crippen LogP contribution is 2.39. The molecule has 3 rings (SSSR count). The Kier molecular flexibility index (Phi) is 4.99. The maximum absolute atomic E-state index is 11.7. The van der Waals surface area contributed by atoms with Gasteiger partial charge in [0.05, 0.1) is 28.9 Å². The Morgan fingerprint density at radius 3 is 2.70 bits per heavy atom. The number of pyridine rings is 1. The van der Waals surface area contributed by atoms with Crippen LogP contribution in [0.25, 0.3) is 21.5 Å². The van der Waals surface area contributed by atoms with Crippen LogP contribution in [0.15, 0.2) is 18.5 Å². The molecule has 1 amide bonds. The number of nitrogens with zero attached hydrogens (tertiary/aromatic N) is 3. The maximum atomic E-state index is 11.7. The number of hydrogen-bond donors (Lipinski definition) is 4. The summed E-state index contributed by atoms with van der Waals surface area (Å²) in [5.41, 5.74) is 13.7. The Morgan fingerprint density at radius 2 is 2.07 bits per heavy atom. The highest BCUT2D eigenvalue weighted by atomic mass is 32.1. The van der Waals surface area contributed by atoms with Gasteiger partial charge in [-0.25, -0.2) is 9.97 Å². The van der Waals surface area contributed by atoms with Crippen LogP contribution in [0.1, 0.15) is 36.0 Å². The molecule has 3 heterocycles. The molecule has 0 atom stereocenters. The van der Waals surface area contributed by atoms with Gasteiger partial charge in [0, 0.05) is 18.0 Å². The van der Waals surface area contributed by atoms with E-state index in [1.165, 1.54) is 0 Å². The zero-order valence-electron chi connectivity index (χ0n) is 15.4. The van der Waals surface area contributed by atoms with Crippen molar-refractivity contribution in [2.24, 2.45) is 5.73 Å². The Labute approximate surface area is 160 Å². The van der Waals surface area contributed by atoms with Crippen molar-refractivity contribution in [1.29, 1.82) is 0 Å². The van der Waals surface area contributed by atoms with Gasteiger partial charge in [-0.2, -0.15) is 0 Å². The highest BCUT2D eigenvalue weighted by Gasteiger charge is 2.23. The van der Waals surface area contributed by atoms with Crippen molar-refractivity contribution in [2.45, 2.75) is 32.7 Å². The van der Waals surface area contributed by atoms with E-state index < -0.39 is 11.4 Å². The number of rotatable bonds is 6. The molecular weight excluding hydrogens is 364 g/mol. The Hall–Kier alpha value is -2.78. The third-order valence-electron chi connectivity index (χ3n) is 4.13. The molecule has 3 aromatic heterocycles. The van der Waals surface area contributed by atoms with Crippen LogP contribution in [0, 0.1) is 0 Å². The molecule has 0 aliphatic rings. The van der Waals surface area contributed by atoms with Crippen molar-refractivity contribution >= 4 is 39.1 Å². The first-order valence-electron chi connectivity index (χ1n) is 8.49. The number of hydrogen-bond acceptors (Lipinski definition) is 8. The number of aliphatic hydroxyl groups excluding tert-OH is 1. The van der Waals surface area contributed by atoms with Gasteiger partial charge >= 0.3 is 0 Å². The van der Waals surface area contributed by atoms with Crippen molar-refractivity contribution in [3.63, 3.8) is 0 Å². The second-order valence-electron chi connectivity index (χ2n) is 6.89. The average Bonchev–Trinajstić information content (AvgIpc) is 2.97. The number of carbonyl (C=O) groups is 1. The van der Waals surface area contributed by atoms with Crippen molar-refractivity contribution in [3.05, 3.63) is 28.9 Å². The lowest BCUT2D eigenvalue weighted by atomic mass is 10.1. The van der Waals surface area contributed by atoms with Crippen LogP contribution in [0.4, 0.5) is 11.6 Å². The van der Waals surface area contributed by atoms with E-state index in [1.807, 2.05) is 26.8 Å². The topological polar surface area (TPSA) is 140 Å². The Morgan fingerprint density at radius 1 is 1.33 bits per heavy atom. The minimum absolute atomic E-state index is 0.101. The summed E-state index contributed by atoms with van der Waals surface area (Å²) < 4.78 is 0. The number of amides is 1. The number of nitrogens with two attached hydrogens (primary N) is 2. The second-order valence-corrected chi connectivity index (χ2v) is 7.89. The van der Waals surface area contributed by atoms with Crippen LogP contribution in [0.3, 0.4) is 0 Å². The minimum atomic E-state index is -0.621. The van der Waals surface area contributed by atoms with Gasteiger partial charge in [0.15, 0.2) is 0 Å². The van der Waals surface area contributed by atoms with E-state index in [4.69, 9.17) is 11.5 Å². The van der Waals surface area contributed by atoms with E-state index >= 15 is 0 Å². The minimum Gasteiger partial charge on any atom is -0.397 e. The molecule has 0 fully saturated rings. The maximum Gasteiger partial charge on any atom is 0.260 e. The largest absolute Gasteiger partial charge is 0.397 e. The summed E-state index contributed by atoms with van der Waals surface area (Å²) in [4.78, 5) is 25.9. The molecule has 9 heteroatoms. The van der Waals surface area contributed by atoms with Crippen LogP contribution in [0.2, 0.25) is 0 Å². The zero-order chi connectivity index (χ0) is 19.8. The Bertz CT molecular complexity index is 1010. The number of primary amides is 1. The van der Waals surface area contributed by atoms with Crippen LogP contribution in [0.5, 0.6) is 0 Å². The lowest BCUT2D eigenvalue weighted by Gasteiger charge is -2.23. The molecule has 6 N–H and O–H groups in total. The zero-order valence-corrected chi connectivity index (χ0v) is 16.2.